The maximum absolute atomic E-state index is 6.01. The fourth-order valence-electron chi connectivity index (χ4n) is 2.50. The first-order chi connectivity index (χ1) is 8.08. The molecule has 0 saturated heterocycles. The first-order valence-electron chi connectivity index (χ1n) is 6.67. The maximum Gasteiger partial charge on any atom is 0.243 e. The zero-order valence-electron chi connectivity index (χ0n) is 11.0. The lowest BCUT2D eigenvalue weighted by Crippen LogP contribution is -2.17. The van der Waals surface area contributed by atoms with E-state index in [0.29, 0.717) is 17.7 Å². The highest BCUT2D eigenvalue weighted by Crippen LogP contribution is 2.34. The zero-order valence-corrected chi connectivity index (χ0v) is 11.0. The van der Waals surface area contributed by atoms with Gasteiger partial charge in [-0.05, 0) is 24.7 Å². The van der Waals surface area contributed by atoms with Gasteiger partial charge in [0.2, 0.25) is 5.89 Å². The molecular weight excluding hydrogens is 214 g/mol. The minimum atomic E-state index is -0.141. The minimum absolute atomic E-state index is 0.141. The summed E-state index contributed by atoms with van der Waals surface area (Å²) in [6.07, 6.45) is 4.95. The van der Waals surface area contributed by atoms with Gasteiger partial charge in [-0.1, -0.05) is 38.8 Å². The molecule has 0 bridgehead atoms. The van der Waals surface area contributed by atoms with Crippen LogP contribution in [0.2, 0.25) is 0 Å². The highest BCUT2D eigenvalue weighted by molar-refractivity contribution is 5.00. The Hall–Kier alpha value is -0.900. The average Bonchev–Trinajstić information content (AvgIpc) is 2.77. The molecule has 1 fully saturated rings. The molecule has 1 aromatic heterocycles. The van der Waals surface area contributed by atoms with Crippen LogP contribution >= 0.6 is 0 Å². The molecule has 1 aromatic rings. The molecule has 96 valence electrons. The summed E-state index contributed by atoms with van der Waals surface area (Å²) in [5, 5.41) is 4.11. The summed E-state index contributed by atoms with van der Waals surface area (Å²) < 4.78 is 5.29. The van der Waals surface area contributed by atoms with Gasteiger partial charge >= 0.3 is 0 Å². The molecular formula is C13H23N3O. The lowest BCUT2D eigenvalue weighted by Gasteiger charge is -2.23. The average molecular weight is 237 g/mol. The Morgan fingerprint density at radius 1 is 1.35 bits per heavy atom. The van der Waals surface area contributed by atoms with Gasteiger partial charge in [-0.15, -0.1) is 0 Å². The maximum atomic E-state index is 6.01. The molecule has 1 aliphatic rings. The van der Waals surface area contributed by atoms with E-state index in [1.54, 1.807) is 0 Å². The van der Waals surface area contributed by atoms with Crippen molar-refractivity contribution in [3.63, 3.8) is 0 Å². The van der Waals surface area contributed by atoms with Gasteiger partial charge in [-0.25, -0.2) is 0 Å². The molecule has 0 aliphatic heterocycles. The van der Waals surface area contributed by atoms with Crippen molar-refractivity contribution in [1.82, 2.24) is 10.1 Å². The molecule has 1 aliphatic carbocycles. The first-order valence-corrected chi connectivity index (χ1v) is 6.67. The first kappa shape index (κ1) is 12.6. The minimum Gasteiger partial charge on any atom is -0.338 e. The second kappa shape index (κ2) is 5.17. The summed E-state index contributed by atoms with van der Waals surface area (Å²) >= 11 is 0. The van der Waals surface area contributed by atoms with Crippen LogP contribution in [-0.2, 0) is 0 Å². The number of rotatable bonds is 3. The molecule has 1 saturated carbocycles. The standard InChI is InChI=1S/C13H23N3O/c1-8(2)11(14)13-15-12(16-17-13)10-6-4-5-9(3)7-10/h8-11H,4-7,14H2,1-3H3/t9?,10?,11-/m1/s1. The predicted octanol–water partition coefficient (Wildman–Crippen LogP) is 3.02. The van der Waals surface area contributed by atoms with E-state index in [1.165, 1.54) is 25.7 Å². The Kier molecular flexibility index (Phi) is 3.82. The quantitative estimate of drug-likeness (QED) is 0.877. The summed E-state index contributed by atoms with van der Waals surface area (Å²) in [5.74, 6) is 3.02. The SMILES string of the molecule is CC1CCCC(c2noc([C@H](N)C(C)C)n2)C1. The molecule has 2 unspecified atom stereocenters. The van der Waals surface area contributed by atoms with Crippen LogP contribution < -0.4 is 5.73 Å². The normalized spacial score (nSPS) is 27.4. The van der Waals surface area contributed by atoms with E-state index in [9.17, 15) is 0 Å². The number of hydrogen-bond acceptors (Lipinski definition) is 4. The Labute approximate surface area is 103 Å². The van der Waals surface area contributed by atoms with Crippen molar-refractivity contribution in [2.45, 2.75) is 58.4 Å². The van der Waals surface area contributed by atoms with Gasteiger partial charge < -0.3 is 10.3 Å². The van der Waals surface area contributed by atoms with Crippen molar-refractivity contribution in [2.24, 2.45) is 17.6 Å². The fraction of sp³-hybridized carbons (Fsp3) is 0.846. The molecule has 17 heavy (non-hydrogen) atoms. The second-order valence-electron chi connectivity index (χ2n) is 5.73. The van der Waals surface area contributed by atoms with Crippen molar-refractivity contribution in [1.29, 1.82) is 0 Å². The van der Waals surface area contributed by atoms with Crippen LogP contribution in [0.4, 0.5) is 0 Å². The van der Waals surface area contributed by atoms with E-state index in [2.05, 4.69) is 30.9 Å². The number of hydrogen-bond donors (Lipinski definition) is 1. The summed E-state index contributed by atoms with van der Waals surface area (Å²) in [6.45, 7) is 6.43. The summed E-state index contributed by atoms with van der Waals surface area (Å²) in [7, 11) is 0. The Bertz CT molecular complexity index is 361. The largest absolute Gasteiger partial charge is 0.338 e. The predicted molar refractivity (Wildman–Crippen MR) is 66.4 cm³/mol. The van der Waals surface area contributed by atoms with Crippen molar-refractivity contribution in [2.75, 3.05) is 0 Å². The van der Waals surface area contributed by atoms with Gasteiger partial charge in [0.25, 0.3) is 0 Å². The smallest absolute Gasteiger partial charge is 0.243 e. The van der Waals surface area contributed by atoms with Crippen molar-refractivity contribution < 1.29 is 4.52 Å². The van der Waals surface area contributed by atoms with Crippen LogP contribution in [0.25, 0.3) is 0 Å². The molecule has 3 atom stereocenters. The molecule has 1 heterocycles. The topological polar surface area (TPSA) is 64.9 Å². The molecule has 0 aromatic carbocycles. The Balaban J connectivity index is 2.07. The molecule has 4 nitrogen and oxygen atoms in total. The van der Waals surface area contributed by atoms with Gasteiger partial charge in [-0.2, -0.15) is 4.98 Å². The molecule has 2 rings (SSSR count). The molecule has 0 amide bonds. The third kappa shape index (κ3) is 2.86. The Morgan fingerprint density at radius 2 is 2.12 bits per heavy atom. The number of nitrogens with two attached hydrogens (primary N) is 1. The highest BCUT2D eigenvalue weighted by atomic mass is 16.5. The Morgan fingerprint density at radius 3 is 2.76 bits per heavy atom. The molecule has 4 heteroatoms. The highest BCUT2D eigenvalue weighted by Gasteiger charge is 2.26. The number of aromatic nitrogens is 2. The van der Waals surface area contributed by atoms with Gasteiger partial charge in [0.05, 0.1) is 6.04 Å². The van der Waals surface area contributed by atoms with Crippen LogP contribution in [0.15, 0.2) is 4.52 Å². The van der Waals surface area contributed by atoms with Crippen molar-refractivity contribution >= 4 is 0 Å². The van der Waals surface area contributed by atoms with E-state index < -0.39 is 0 Å². The van der Waals surface area contributed by atoms with Crippen LogP contribution in [0.1, 0.15) is 70.1 Å². The molecule has 2 N–H and O–H groups in total. The van der Waals surface area contributed by atoms with Gasteiger partial charge in [-0.3, -0.25) is 0 Å². The van der Waals surface area contributed by atoms with E-state index >= 15 is 0 Å². The van der Waals surface area contributed by atoms with E-state index in [-0.39, 0.29) is 6.04 Å². The van der Waals surface area contributed by atoms with Gasteiger partial charge in [0.1, 0.15) is 0 Å². The van der Waals surface area contributed by atoms with Gasteiger partial charge in [0, 0.05) is 5.92 Å². The molecule has 0 radical (unpaired) electrons. The van der Waals surface area contributed by atoms with Crippen molar-refractivity contribution in [3.05, 3.63) is 11.7 Å². The number of nitrogens with zero attached hydrogens (tertiary/aromatic N) is 2. The summed E-state index contributed by atoms with van der Waals surface area (Å²) in [5.41, 5.74) is 6.01. The summed E-state index contributed by atoms with van der Waals surface area (Å²) in [6, 6.07) is -0.141. The molecule has 0 spiro atoms. The lowest BCUT2D eigenvalue weighted by molar-refractivity contribution is 0.306. The summed E-state index contributed by atoms with van der Waals surface area (Å²) in [4.78, 5) is 4.49. The van der Waals surface area contributed by atoms with Gasteiger partial charge in [0.15, 0.2) is 5.82 Å². The third-order valence-electron chi connectivity index (χ3n) is 3.76. The van der Waals surface area contributed by atoms with Crippen LogP contribution in [0, 0.1) is 11.8 Å². The van der Waals surface area contributed by atoms with E-state index in [4.69, 9.17) is 10.3 Å². The lowest BCUT2D eigenvalue weighted by atomic mass is 9.82. The van der Waals surface area contributed by atoms with Crippen molar-refractivity contribution in [3.8, 4) is 0 Å². The fourth-order valence-corrected chi connectivity index (χ4v) is 2.50. The van der Waals surface area contributed by atoms with E-state index in [1.807, 2.05) is 0 Å². The zero-order chi connectivity index (χ0) is 12.4. The van der Waals surface area contributed by atoms with Crippen LogP contribution in [0.5, 0.6) is 0 Å². The monoisotopic (exact) mass is 237 g/mol. The van der Waals surface area contributed by atoms with Crippen LogP contribution in [0.3, 0.4) is 0 Å². The second-order valence-corrected chi connectivity index (χ2v) is 5.73. The van der Waals surface area contributed by atoms with Crippen LogP contribution in [-0.4, -0.2) is 10.1 Å². The third-order valence-corrected chi connectivity index (χ3v) is 3.76. The van der Waals surface area contributed by atoms with E-state index in [0.717, 1.165) is 11.7 Å².